The molecule has 0 saturated carbocycles. The number of amides is 1. The van der Waals surface area contributed by atoms with Gasteiger partial charge >= 0.3 is 0 Å². The monoisotopic (exact) mass is 472 g/mol. The zero-order valence-corrected chi connectivity index (χ0v) is 21.2. The van der Waals surface area contributed by atoms with E-state index in [9.17, 15) is 4.79 Å². The Morgan fingerprint density at radius 1 is 1.30 bits per heavy atom. The van der Waals surface area contributed by atoms with Gasteiger partial charge in [-0.3, -0.25) is 14.7 Å². The number of aromatic nitrogens is 1. The number of fused-ring (bicyclic) bond motifs is 1. The van der Waals surface area contributed by atoms with Crippen LogP contribution in [0.2, 0.25) is 0 Å². The molecule has 2 aliphatic rings. The number of rotatable bonds is 6. The summed E-state index contributed by atoms with van der Waals surface area (Å²) in [6, 6.07) is 13.1. The van der Waals surface area contributed by atoms with E-state index >= 15 is 0 Å². The SMILES string of the molecule is COC[C@H]1CN[C@H](C)CN1CC(=O)N1CC(C)(C)c2cnc(C(C)c3ccccc3)cc21.Cl. The fourth-order valence-electron chi connectivity index (χ4n) is 4.98. The normalized spacial score (nSPS) is 23.0. The van der Waals surface area contributed by atoms with Gasteiger partial charge in [0.2, 0.25) is 5.91 Å². The maximum absolute atomic E-state index is 13.6. The summed E-state index contributed by atoms with van der Waals surface area (Å²) in [5.41, 5.74) is 4.27. The molecule has 1 saturated heterocycles. The molecular formula is C26H37ClN4O2. The Balaban J connectivity index is 0.00000306. The van der Waals surface area contributed by atoms with Gasteiger partial charge in [0.15, 0.2) is 0 Å². The molecule has 3 atom stereocenters. The van der Waals surface area contributed by atoms with Gasteiger partial charge in [0.1, 0.15) is 0 Å². The van der Waals surface area contributed by atoms with Crippen LogP contribution in [-0.4, -0.2) is 67.8 Å². The van der Waals surface area contributed by atoms with Crippen LogP contribution < -0.4 is 10.2 Å². The second kappa shape index (κ2) is 10.5. The number of hydrogen-bond donors (Lipinski definition) is 1. The van der Waals surface area contributed by atoms with Gasteiger partial charge in [-0.1, -0.05) is 51.1 Å². The van der Waals surface area contributed by atoms with Crippen molar-refractivity contribution in [1.82, 2.24) is 15.2 Å². The standard InChI is InChI=1S/C26H36N4O2.ClH/c1-18-14-29(21(12-27-18)16-32-5)15-25(31)30-17-26(3,4)22-13-28-23(11-24(22)30)19(2)20-9-7-6-8-10-20;/h6-11,13,18-19,21,27H,12,14-17H2,1-5H3;1H/t18-,19?,21-;/m1./s1. The van der Waals surface area contributed by atoms with Crippen LogP contribution in [0.3, 0.4) is 0 Å². The number of methoxy groups -OCH3 is 1. The Labute approximate surface area is 204 Å². The molecule has 1 aromatic heterocycles. The van der Waals surface area contributed by atoms with Gasteiger partial charge in [-0.25, -0.2) is 0 Å². The number of carbonyl (C=O) groups is 1. The summed E-state index contributed by atoms with van der Waals surface area (Å²) in [6.45, 7) is 12.1. The average Bonchev–Trinajstić information content (AvgIpc) is 3.06. The van der Waals surface area contributed by atoms with Crippen LogP contribution >= 0.6 is 12.4 Å². The maximum atomic E-state index is 13.6. The van der Waals surface area contributed by atoms with E-state index in [1.165, 1.54) is 5.56 Å². The Morgan fingerprint density at radius 2 is 2.03 bits per heavy atom. The molecule has 1 unspecified atom stereocenters. The van der Waals surface area contributed by atoms with Crippen LogP contribution in [0.25, 0.3) is 0 Å². The summed E-state index contributed by atoms with van der Waals surface area (Å²) in [6.07, 6.45) is 1.98. The molecule has 2 aliphatic heterocycles. The molecule has 1 amide bonds. The summed E-state index contributed by atoms with van der Waals surface area (Å²) in [7, 11) is 1.72. The third-order valence-electron chi connectivity index (χ3n) is 6.94. The Kier molecular flexibility index (Phi) is 8.17. The smallest absolute Gasteiger partial charge is 0.241 e. The molecule has 1 fully saturated rings. The van der Waals surface area contributed by atoms with Crippen molar-refractivity contribution in [2.75, 3.05) is 44.8 Å². The lowest BCUT2D eigenvalue weighted by Gasteiger charge is -2.39. The molecule has 6 nitrogen and oxygen atoms in total. The van der Waals surface area contributed by atoms with E-state index in [1.54, 1.807) is 7.11 Å². The van der Waals surface area contributed by atoms with Crippen LogP contribution in [0, 0.1) is 0 Å². The van der Waals surface area contributed by atoms with Crippen LogP contribution in [0.15, 0.2) is 42.6 Å². The zero-order valence-electron chi connectivity index (χ0n) is 20.4. The van der Waals surface area contributed by atoms with Gasteiger partial charge < -0.3 is 15.0 Å². The summed E-state index contributed by atoms with van der Waals surface area (Å²) >= 11 is 0. The van der Waals surface area contributed by atoms with E-state index in [1.807, 2.05) is 17.2 Å². The van der Waals surface area contributed by atoms with Crippen molar-refractivity contribution < 1.29 is 9.53 Å². The minimum absolute atomic E-state index is 0. The van der Waals surface area contributed by atoms with Crippen molar-refractivity contribution in [1.29, 1.82) is 0 Å². The van der Waals surface area contributed by atoms with Crippen molar-refractivity contribution in [2.45, 2.75) is 51.1 Å². The number of nitrogens with zero attached hydrogens (tertiary/aromatic N) is 3. The highest BCUT2D eigenvalue weighted by Crippen LogP contribution is 2.41. The van der Waals surface area contributed by atoms with Gasteiger partial charge in [-0.15, -0.1) is 12.4 Å². The number of piperazine rings is 1. The molecule has 2 aromatic rings. The first-order chi connectivity index (χ1) is 15.3. The fraction of sp³-hybridized carbons (Fsp3) is 0.538. The number of halogens is 1. The summed E-state index contributed by atoms with van der Waals surface area (Å²) in [5, 5.41) is 3.50. The van der Waals surface area contributed by atoms with Crippen molar-refractivity contribution in [2.24, 2.45) is 0 Å². The van der Waals surface area contributed by atoms with E-state index in [0.29, 0.717) is 25.7 Å². The first kappa shape index (κ1) is 25.6. The van der Waals surface area contributed by atoms with Gasteiger partial charge in [-0.05, 0) is 18.6 Å². The lowest BCUT2D eigenvalue weighted by molar-refractivity contribution is -0.121. The minimum atomic E-state index is -0.116. The molecule has 0 spiro atoms. The molecule has 180 valence electrons. The lowest BCUT2D eigenvalue weighted by atomic mass is 9.87. The third-order valence-corrected chi connectivity index (χ3v) is 6.94. The van der Waals surface area contributed by atoms with E-state index in [0.717, 1.165) is 30.0 Å². The second-order valence-corrected chi connectivity index (χ2v) is 9.97. The fourth-order valence-corrected chi connectivity index (χ4v) is 4.98. The topological polar surface area (TPSA) is 57.7 Å². The molecule has 1 aromatic carbocycles. The zero-order chi connectivity index (χ0) is 22.9. The van der Waals surface area contributed by atoms with Crippen molar-refractivity contribution in [3.05, 3.63) is 59.4 Å². The number of hydrogen-bond acceptors (Lipinski definition) is 5. The van der Waals surface area contributed by atoms with E-state index in [2.05, 4.69) is 68.2 Å². The first-order valence-electron chi connectivity index (χ1n) is 11.6. The number of benzene rings is 1. The van der Waals surface area contributed by atoms with Crippen molar-refractivity contribution in [3.63, 3.8) is 0 Å². The molecule has 3 heterocycles. The first-order valence-corrected chi connectivity index (χ1v) is 11.6. The third kappa shape index (κ3) is 5.40. The second-order valence-electron chi connectivity index (χ2n) is 9.97. The molecule has 4 rings (SSSR count). The molecule has 0 bridgehead atoms. The van der Waals surface area contributed by atoms with Gasteiger partial charge in [0, 0.05) is 67.6 Å². The quantitative estimate of drug-likeness (QED) is 0.696. The Morgan fingerprint density at radius 3 is 2.73 bits per heavy atom. The van der Waals surface area contributed by atoms with Gasteiger partial charge in [0.25, 0.3) is 0 Å². The van der Waals surface area contributed by atoms with Crippen LogP contribution in [0.1, 0.15) is 50.4 Å². The number of pyridine rings is 1. The van der Waals surface area contributed by atoms with Crippen LogP contribution in [0.5, 0.6) is 0 Å². The highest BCUT2D eigenvalue weighted by Gasteiger charge is 2.40. The molecule has 1 N–H and O–H groups in total. The summed E-state index contributed by atoms with van der Waals surface area (Å²) in [4.78, 5) is 22.6. The van der Waals surface area contributed by atoms with Crippen LogP contribution in [-0.2, 0) is 14.9 Å². The van der Waals surface area contributed by atoms with Gasteiger partial charge in [0.05, 0.1) is 18.8 Å². The van der Waals surface area contributed by atoms with Crippen molar-refractivity contribution >= 4 is 24.0 Å². The van der Waals surface area contributed by atoms with E-state index < -0.39 is 0 Å². The largest absolute Gasteiger partial charge is 0.383 e. The molecule has 33 heavy (non-hydrogen) atoms. The molecular weight excluding hydrogens is 436 g/mol. The summed E-state index contributed by atoms with van der Waals surface area (Å²) < 4.78 is 5.41. The number of anilines is 1. The molecule has 0 radical (unpaired) electrons. The average molecular weight is 473 g/mol. The highest BCUT2D eigenvalue weighted by molar-refractivity contribution is 5.97. The number of ether oxygens (including phenoxy) is 1. The van der Waals surface area contributed by atoms with E-state index in [-0.39, 0.29) is 35.7 Å². The maximum Gasteiger partial charge on any atom is 0.241 e. The predicted octanol–water partition coefficient (Wildman–Crippen LogP) is 3.59. The minimum Gasteiger partial charge on any atom is -0.383 e. The Hall–Kier alpha value is -1.99. The van der Waals surface area contributed by atoms with E-state index in [4.69, 9.17) is 9.72 Å². The lowest BCUT2D eigenvalue weighted by Crippen LogP contribution is -2.59. The van der Waals surface area contributed by atoms with Crippen molar-refractivity contribution in [3.8, 4) is 0 Å². The number of carbonyl (C=O) groups excluding carboxylic acids is 1. The Bertz CT molecular complexity index is 953. The summed E-state index contributed by atoms with van der Waals surface area (Å²) in [5.74, 6) is 0.318. The number of nitrogens with one attached hydrogen (secondary N) is 1. The highest BCUT2D eigenvalue weighted by atomic mass is 35.5. The molecule has 7 heteroatoms. The molecule has 0 aliphatic carbocycles. The predicted molar refractivity (Wildman–Crippen MR) is 136 cm³/mol. The van der Waals surface area contributed by atoms with Crippen LogP contribution in [0.4, 0.5) is 5.69 Å². The van der Waals surface area contributed by atoms with Gasteiger partial charge in [-0.2, -0.15) is 0 Å².